The lowest BCUT2D eigenvalue weighted by molar-refractivity contribution is 0.132. The zero-order valence-corrected chi connectivity index (χ0v) is 15.4. The molecule has 3 heteroatoms. The standard InChI is InChI=1S/C19H39NO2/c1-4-5-6-7-8-9-10-11-12-13-14-15-16-17-18-20(2)19(21)22-3/h4-18H2,1-3H3. The number of carbonyl (C=O) groups is 1. The molecule has 0 radical (unpaired) electrons. The first-order valence-corrected chi connectivity index (χ1v) is 9.51. The van der Waals surface area contributed by atoms with Crippen molar-refractivity contribution in [1.29, 1.82) is 0 Å². The van der Waals surface area contributed by atoms with E-state index in [1.807, 2.05) is 0 Å². The molecule has 0 unspecified atom stereocenters. The number of hydrogen-bond donors (Lipinski definition) is 0. The Balaban J connectivity index is 3.10. The van der Waals surface area contributed by atoms with Crippen LogP contribution in [-0.2, 0) is 4.74 Å². The van der Waals surface area contributed by atoms with Crippen LogP contribution >= 0.6 is 0 Å². The van der Waals surface area contributed by atoms with Gasteiger partial charge >= 0.3 is 6.09 Å². The van der Waals surface area contributed by atoms with E-state index in [1.165, 1.54) is 90.6 Å². The van der Waals surface area contributed by atoms with E-state index in [1.54, 1.807) is 11.9 Å². The highest BCUT2D eigenvalue weighted by Gasteiger charge is 2.06. The number of amides is 1. The fourth-order valence-corrected chi connectivity index (χ4v) is 2.79. The molecule has 0 saturated carbocycles. The Morgan fingerprint density at radius 3 is 1.45 bits per heavy atom. The molecule has 0 fully saturated rings. The highest BCUT2D eigenvalue weighted by atomic mass is 16.5. The lowest BCUT2D eigenvalue weighted by Gasteiger charge is -2.14. The average Bonchev–Trinajstić information content (AvgIpc) is 2.54. The first-order chi connectivity index (χ1) is 10.7. The highest BCUT2D eigenvalue weighted by Crippen LogP contribution is 2.13. The van der Waals surface area contributed by atoms with Crippen LogP contribution in [0.5, 0.6) is 0 Å². The van der Waals surface area contributed by atoms with E-state index in [4.69, 9.17) is 0 Å². The van der Waals surface area contributed by atoms with Gasteiger partial charge in [0.25, 0.3) is 0 Å². The largest absolute Gasteiger partial charge is 0.453 e. The smallest absolute Gasteiger partial charge is 0.409 e. The summed E-state index contributed by atoms with van der Waals surface area (Å²) in [6.07, 6.45) is 18.8. The molecule has 0 aromatic heterocycles. The molecule has 22 heavy (non-hydrogen) atoms. The molecule has 3 nitrogen and oxygen atoms in total. The molecular formula is C19H39NO2. The van der Waals surface area contributed by atoms with Crippen LogP contribution in [0.4, 0.5) is 4.79 Å². The molecule has 0 aliphatic carbocycles. The Morgan fingerprint density at radius 1 is 0.727 bits per heavy atom. The molecule has 0 aromatic rings. The molecule has 0 aliphatic heterocycles. The van der Waals surface area contributed by atoms with Crippen LogP contribution in [0.2, 0.25) is 0 Å². The van der Waals surface area contributed by atoms with E-state index >= 15 is 0 Å². The quantitative estimate of drug-likeness (QED) is 0.338. The van der Waals surface area contributed by atoms with Crippen LogP contribution in [0.3, 0.4) is 0 Å². The molecular weight excluding hydrogens is 274 g/mol. The molecule has 0 atom stereocenters. The van der Waals surface area contributed by atoms with Crippen molar-refractivity contribution < 1.29 is 9.53 Å². The molecule has 1 amide bonds. The van der Waals surface area contributed by atoms with Gasteiger partial charge in [-0.2, -0.15) is 0 Å². The zero-order valence-electron chi connectivity index (χ0n) is 15.4. The van der Waals surface area contributed by atoms with Crippen molar-refractivity contribution in [2.45, 2.75) is 96.8 Å². The van der Waals surface area contributed by atoms with Gasteiger partial charge in [0.2, 0.25) is 0 Å². The second-order valence-corrected chi connectivity index (χ2v) is 6.49. The predicted molar refractivity (Wildman–Crippen MR) is 95.3 cm³/mol. The van der Waals surface area contributed by atoms with Gasteiger partial charge in [-0.15, -0.1) is 0 Å². The fourth-order valence-electron chi connectivity index (χ4n) is 2.79. The number of unbranched alkanes of at least 4 members (excludes halogenated alkanes) is 13. The highest BCUT2D eigenvalue weighted by molar-refractivity contribution is 5.66. The van der Waals surface area contributed by atoms with Gasteiger partial charge in [-0.3, -0.25) is 0 Å². The van der Waals surface area contributed by atoms with Gasteiger partial charge in [0.15, 0.2) is 0 Å². The predicted octanol–water partition coefficient (Wildman–Crippen LogP) is 6.17. The average molecular weight is 314 g/mol. The Kier molecular flexibility index (Phi) is 16.1. The lowest BCUT2D eigenvalue weighted by atomic mass is 10.0. The summed E-state index contributed by atoms with van der Waals surface area (Å²) >= 11 is 0. The summed E-state index contributed by atoms with van der Waals surface area (Å²) < 4.78 is 4.67. The topological polar surface area (TPSA) is 29.5 Å². The van der Waals surface area contributed by atoms with Crippen molar-refractivity contribution in [3.05, 3.63) is 0 Å². The van der Waals surface area contributed by atoms with Gasteiger partial charge in [-0.05, 0) is 6.42 Å². The van der Waals surface area contributed by atoms with Crippen molar-refractivity contribution in [3.8, 4) is 0 Å². The van der Waals surface area contributed by atoms with Crippen molar-refractivity contribution in [2.24, 2.45) is 0 Å². The van der Waals surface area contributed by atoms with Crippen molar-refractivity contribution in [2.75, 3.05) is 20.7 Å². The lowest BCUT2D eigenvalue weighted by Crippen LogP contribution is -2.27. The fraction of sp³-hybridized carbons (Fsp3) is 0.947. The van der Waals surface area contributed by atoms with Crippen LogP contribution < -0.4 is 0 Å². The SMILES string of the molecule is CCCCCCCCCCCCCCCCN(C)C(=O)OC. The van der Waals surface area contributed by atoms with Crippen LogP contribution in [0.1, 0.15) is 96.8 Å². The third-order valence-corrected chi connectivity index (χ3v) is 4.33. The van der Waals surface area contributed by atoms with E-state index in [9.17, 15) is 4.79 Å². The van der Waals surface area contributed by atoms with Crippen molar-refractivity contribution in [1.82, 2.24) is 4.90 Å². The summed E-state index contributed by atoms with van der Waals surface area (Å²) in [6, 6.07) is 0. The Labute approximate surface area is 138 Å². The molecule has 0 aliphatic rings. The molecule has 0 spiro atoms. The van der Waals surface area contributed by atoms with Crippen LogP contribution in [0, 0.1) is 0 Å². The van der Waals surface area contributed by atoms with Gasteiger partial charge in [0.1, 0.15) is 0 Å². The number of methoxy groups -OCH3 is 1. The number of nitrogens with zero attached hydrogens (tertiary/aromatic N) is 1. The molecule has 132 valence electrons. The van der Waals surface area contributed by atoms with Crippen LogP contribution in [0.25, 0.3) is 0 Å². The monoisotopic (exact) mass is 313 g/mol. The minimum absolute atomic E-state index is 0.227. The molecule has 0 aromatic carbocycles. The second kappa shape index (κ2) is 16.6. The summed E-state index contributed by atoms with van der Waals surface area (Å²) in [5.41, 5.74) is 0. The van der Waals surface area contributed by atoms with Gasteiger partial charge in [-0.25, -0.2) is 4.79 Å². The summed E-state index contributed by atoms with van der Waals surface area (Å²) in [6.45, 7) is 3.09. The maximum Gasteiger partial charge on any atom is 0.409 e. The number of hydrogen-bond acceptors (Lipinski definition) is 2. The Morgan fingerprint density at radius 2 is 1.09 bits per heavy atom. The number of ether oxygens (including phenoxy) is 1. The van der Waals surface area contributed by atoms with Gasteiger partial charge in [-0.1, -0.05) is 90.4 Å². The first kappa shape index (κ1) is 21.3. The maximum atomic E-state index is 11.2. The molecule has 0 saturated heterocycles. The summed E-state index contributed by atoms with van der Waals surface area (Å²) in [4.78, 5) is 12.8. The molecule has 0 rings (SSSR count). The number of rotatable bonds is 15. The van der Waals surface area contributed by atoms with Gasteiger partial charge in [0, 0.05) is 13.6 Å². The maximum absolute atomic E-state index is 11.2. The Bertz CT molecular complexity index is 244. The third kappa shape index (κ3) is 14.2. The number of carbonyl (C=O) groups excluding carboxylic acids is 1. The van der Waals surface area contributed by atoms with Crippen molar-refractivity contribution in [3.63, 3.8) is 0 Å². The van der Waals surface area contributed by atoms with Gasteiger partial charge < -0.3 is 9.64 Å². The third-order valence-electron chi connectivity index (χ3n) is 4.33. The summed E-state index contributed by atoms with van der Waals surface area (Å²) in [5.74, 6) is 0. The summed E-state index contributed by atoms with van der Waals surface area (Å²) in [5, 5.41) is 0. The van der Waals surface area contributed by atoms with Crippen molar-refractivity contribution >= 4 is 6.09 Å². The van der Waals surface area contributed by atoms with Crippen LogP contribution in [0.15, 0.2) is 0 Å². The van der Waals surface area contributed by atoms with E-state index in [0.717, 1.165) is 13.0 Å². The van der Waals surface area contributed by atoms with Gasteiger partial charge in [0.05, 0.1) is 7.11 Å². The normalized spacial score (nSPS) is 10.7. The van der Waals surface area contributed by atoms with E-state index < -0.39 is 0 Å². The first-order valence-electron chi connectivity index (χ1n) is 9.51. The second-order valence-electron chi connectivity index (χ2n) is 6.49. The minimum atomic E-state index is -0.227. The molecule has 0 heterocycles. The minimum Gasteiger partial charge on any atom is -0.453 e. The van der Waals surface area contributed by atoms with E-state index in [0.29, 0.717) is 0 Å². The Hall–Kier alpha value is -0.730. The summed E-state index contributed by atoms with van der Waals surface area (Å²) in [7, 11) is 3.23. The van der Waals surface area contributed by atoms with Crippen LogP contribution in [-0.4, -0.2) is 31.7 Å². The molecule has 0 N–H and O–H groups in total. The molecule has 0 bridgehead atoms. The van der Waals surface area contributed by atoms with E-state index in [2.05, 4.69) is 11.7 Å². The zero-order chi connectivity index (χ0) is 16.5. The van der Waals surface area contributed by atoms with E-state index in [-0.39, 0.29) is 6.09 Å².